The molecule has 0 spiro atoms. The number of ether oxygens (including phenoxy) is 1. The van der Waals surface area contributed by atoms with E-state index in [-0.39, 0.29) is 24.5 Å². The van der Waals surface area contributed by atoms with Gasteiger partial charge in [0.2, 0.25) is 0 Å². The van der Waals surface area contributed by atoms with Gasteiger partial charge in [-0.3, -0.25) is 9.59 Å². The molecule has 0 saturated carbocycles. The number of hydrogen-bond acceptors (Lipinski definition) is 4. The van der Waals surface area contributed by atoms with Crippen molar-refractivity contribution in [1.29, 1.82) is 0 Å². The lowest BCUT2D eigenvalue weighted by molar-refractivity contribution is -0.140. The Labute approximate surface area is 166 Å². The van der Waals surface area contributed by atoms with Crippen LogP contribution in [0.25, 0.3) is 5.76 Å². The largest absolute Gasteiger partial charge is 0.507 e. The molecule has 3 rings (SSSR count). The van der Waals surface area contributed by atoms with Crippen LogP contribution < -0.4 is 0 Å². The van der Waals surface area contributed by atoms with Crippen LogP contribution in [0.5, 0.6) is 0 Å². The van der Waals surface area contributed by atoms with Crippen LogP contribution in [0.2, 0.25) is 10.0 Å². The Morgan fingerprint density at radius 3 is 2.48 bits per heavy atom. The summed E-state index contributed by atoms with van der Waals surface area (Å²) in [6.07, 6.45) is 0. The summed E-state index contributed by atoms with van der Waals surface area (Å²) in [6, 6.07) is 12.6. The Kier molecular flexibility index (Phi) is 5.85. The van der Waals surface area contributed by atoms with E-state index in [0.29, 0.717) is 21.2 Å². The molecule has 1 amide bonds. The second kappa shape index (κ2) is 8.13. The molecule has 2 aromatic carbocycles. The first-order valence-electron chi connectivity index (χ1n) is 8.23. The van der Waals surface area contributed by atoms with Gasteiger partial charge in [0.15, 0.2) is 0 Å². The SMILES string of the molecule is COCCN1C(=O)C(=O)C(=C(O)c2ccccc2)[C@@H]1c1ccc(Cl)cc1Cl. The Morgan fingerprint density at radius 2 is 1.85 bits per heavy atom. The van der Waals surface area contributed by atoms with Crippen molar-refractivity contribution >= 4 is 40.7 Å². The number of carbonyl (C=O) groups excluding carboxylic acids is 2. The Bertz CT molecular complexity index is 911. The zero-order chi connectivity index (χ0) is 19.6. The first-order chi connectivity index (χ1) is 13.0. The summed E-state index contributed by atoms with van der Waals surface area (Å²) < 4.78 is 5.06. The molecule has 0 aliphatic carbocycles. The first kappa shape index (κ1) is 19.4. The van der Waals surface area contributed by atoms with Gasteiger partial charge in [-0.15, -0.1) is 0 Å². The Hall–Kier alpha value is -2.34. The summed E-state index contributed by atoms with van der Waals surface area (Å²) in [7, 11) is 1.50. The van der Waals surface area contributed by atoms with E-state index in [4.69, 9.17) is 27.9 Å². The zero-order valence-corrected chi connectivity index (χ0v) is 16.0. The van der Waals surface area contributed by atoms with E-state index < -0.39 is 17.7 Å². The van der Waals surface area contributed by atoms with Gasteiger partial charge in [0.1, 0.15) is 5.76 Å². The normalized spacial score (nSPS) is 18.9. The van der Waals surface area contributed by atoms with Crippen molar-refractivity contribution in [1.82, 2.24) is 4.90 Å². The van der Waals surface area contributed by atoms with Gasteiger partial charge in [-0.05, 0) is 17.7 Å². The predicted octanol–water partition coefficient (Wildman–Crippen LogP) is 4.06. The summed E-state index contributed by atoms with van der Waals surface area (Å²) in [5.74, 6) is -1.71. The number of aliphatic hydroxyl groups is 1. The molecule has 7 heteroatoms. The number of methoxy groups -OCH3 is 1. The fraction of sp³-hybridized carbons (Fsp3) is 0.200. The van der Waals surface area contributed by atoms with Crippen molar-refractivity contribution in [3.63, 3.8) is 0 Å². The van der Waals surface area contributed by atoms with E-state index in [1.165, 1.54) is 18.1 Å². The fourth-order valence-corrected chi connectivity index (χ4v) is 3.61. The lowest BCUT2D eigenvalue weighted by Crippen LogP contribution is -2.32. The molecule has 0 radical (unpaired) electrons. The van der Waals surface area contributed by atoms with Crippen LogP contribution in [0, 0.1) is 0 Å². The highest BCUT2D eigenvalue weighted by Gasteiger charge is 2.46. The third-order valence-electron chi connectivity index (χ3n) is 4.38. The molecular formula is C20H17Cl2NO4. The quantitative estimate of drug-likeness (QED) is 0.462. The maximum atomic E-state index is 12.7. The summed E-state index contributed by atoms with van der Waals surface area (Å²) in [4.78, 5) is 26.7. The maximum absolute atomic E-state index is 12.7. The van der Waals surface area contributed by atoms with Crippen LogP contribution in [-0.4, -0.2) is 42.0 Å². The van der Waals surface area contributed by atoms with Gasteiger partial charge >= 0.3 is 0 Å². The average Bonchev–Trinajstić information content (AvgIpc) is 2.91. The number of Topliss-reactive ketones (excluding diaryl/α,β-unsaturated/α-hetero) is 1. The molecule has 0 bridgehead atoms. The number of aliphatic hydroxyl groups excluding tert-OH is 1. The molecule has 1 N–H and O–H groups in total. The molecule has 0 unspecified atom stereocenters. The van der Waals surface area contributed by atoms with Crippen molar-refractivity contribution in [2.75, 3.05) is 20.3 Å². The third-order valence-corrected chi connectivity index (χ3v) is 4.94. The molecule has 0 aromatic heterocycles. The van der Waals surface area contributed by atoms with Crippen LogP contribution in [0.1, 0.15) is 17.2 Å². The van der Waals surface area contributed by atoms with Gasteiger partial charge in [0.25, 0.3) is 11.7 Å². The van der Waals surface area contributed by atoms with Crippen LogP contribution >= 0.6 is 23.2 Å². The summed E-state index contributed by atoms with van der Waals surface area (Å²) >= 11 is 12.3. The van der Waals surface area contributed by atoms with Crippen molar-refractivity contribution in [3.8, 4) is 0 Å². The predicted molar refractivity (Wildman–Crippen MR) is 104 cm³/mol. The average molecular weight is 406 g/mol. The summed E-state index contributed by atoms with van der Waals surface area (Å²) in [5, 5.41) is 11.5. The number of benzene rings is 2. The monoisotopic (exact) mass is 405 g/mol. The molecule has 27 heavy (non-hydrogen) atoms. The van der Waals surface area contributed by atoms with Gasteiger partial charge in [0, 0.05) is 29.3 Å². The topological polar surface area (TPSA) is 66.8 Å². The Balaban J connectivity index is 2.20. The molecule has 2 aromatic rings. The van der Waals surface area contributed by atoms with E-state index in [0.717, 1.165) is 0 Å². The van der Waals surface area contributed by atoms with Gasteiger partial charge in [-0.25, -0.2) is 0 Å². The molecule has 1 aliphatic heterocycles. The lowest BCUT2D eigenvalue weighted by atomic mass is 9.95. The fourth-order valence-electron chi connectivity index (χ4n) is 3.10. The number of rotatable bonds is 5. The number of nitrogens with zero attached hydrogens (tertiary/aromatic N) is 1. The van der Waals surface area contributed by atoms with Gasteiger partial charge in [-0.1, -0.05) is 59.6 Å². The number of carbonyl (C=O) groups is 2. The summed E-state index contributed by atoms with van der Waals surface area (Å²) in [6.45, 7) is 0.413. The molecule has 140 valence electrons. The molecule has 1 saturated heterocycles. The van der Waals surface area contributed by atoms with E-state index in [9.17, 15) is 14.7 Å². The van der Waals surface area contributed by atoms with Gasteiger partial charge < -0.3 is 14.7 Å². The standard InChI is InChI=1S/C20H17Cl2NO4/c1-27-10-9-23-17(14-8-7-13(21)11-15(14)22)16(19(25)20(23)26)18(24)12-5-3-2-4-6-12/h2-8,11,17,24H,9-10H2,1H3/t17-/m0/s1. The second-order valence-electron chi connectivity index (χ2n) is 6.02. The van der Waals surface area contributed by atoms with Crippen molar-refractivity contribution in [3.05, 3.63) is 75.3 Å². The zero-order valence-electron chi connectivity index (χ0n) is 14.5. The number of likely N-dealkylation sites (tertiary alicyclic amines) is 1. The highest BCUT2D eigenvalue weighted by molar-refractivity contribution is 6.47. The van der Waals surface area contributed by atoms with Gasteiger partial charge in [-0.2, -0.15) is 0 Å². The van der Waals surface area contributed by atoms with E-state index >= 15 is 0 Å². The minimum atomic E-state index is -0.829. The Morgan fingerprint density at radius 1 is 1.15 bits per heavy atom. The number of halogens is 2. The van der Waals surface area contributed by atoms with Crippen molar-refractivity contribution < 1.29 is 19.4 Å². The molecule has 1 fully saturated rings. The van der Waals surface area contributed by atoms with Gasteiger partial charge in [0.05, 0.1) is 18.2 Å². The van der Waals surface area contributed by atoms with E-state index in [2.05, 4.69) is 0 Å². The molecule has 1 heterocycles. The molecule has 5 nitrogen and oxygen atoms in total. The second-order valence-corrected chi connectivity index (χ2v) is 6.86. The highest BCUT2D eigenvalue weighted by Crippen LogP contribution is 2.42. The van der Waals surface area contributed by atoms with Crippen LogP contribution in [0.15, 0.2) is 54.1 Å². The minimum Gasteiger partial charge on any atom is -0.507 e. The number of amides is 1. The molecular weight excluding hydrogens is 389 g/mol. The third kappa shape index (κ3) is 3.72. The number of ketones is 1. The van der Waals surface area contributed by atoms with Crippen molar-refractivity contribution in [2.24, 2.45) is 0 Å². The first-order valence-corrected chi connectivity index (χ1v) is 8.99. The smallest absolute Gasteiger partial charge is 0.295 e. The van der Waals surface area contributed by atoms with Crippen LogP contribution in [0.4, 0.5) is 0 Å². The minimum absolute atomic E-state index is 0.00785. The lowest BCUT2D eigenvalue weighted by Gasteiger charge is -2.25. The van der Waals surface area contributed by atoms with Crippen LogP contribution in [-0.2, 0) is 14.3 Å². The number of hydrogen-bond donors (Lipinski definition) is 1. The highest BCUT2D eigenvalue weighted by atomic mass is 35.5. The van der Waals surface area contributed by atoms with Crippen LogP contribution in [0.3, 0.4) is 0 Å². The summed E-state index contributed by atoms with van der Waals surface area (Å²) in [5.41, 5.74) is 0.942. The van der Waals surface area contributed by atoms with Crippen molar-refractivity contribution in [2.45, 2.75) is 6.04 Å². The van der Waals surface area contributed by atoms with E-state index in [1.54, 1.807) is 42.5 Å². The molecule has 1 atom stereocenters. The van der Waals surface area contributed by atoms with E-state index in [1.807, 2.05) is 0 Å². The molecule has 1 aliphatic rings. The maximum Gasteiger partial charge on any atom is 0.295 e.